The number of hydrogen-bond acceptors (Lipinski definition) is 4. The molecular formula is C20H22FN3O4. The summed E-state index contributed by atoms with van der Waals surface area (Å²) in [5.41, 5.74) is 5.12. The summed E-state index contributed by atoms with van der Waals surface area (Å²) in [5.74, 6) is -1.92. The van der Waals surface area contributed by atoms with Gasteiger partial charge >= 0.3 is 5.97 Å². The van der Waals surface area contributed by atoms with Crippen LogP contribution < -0.4 is 10.8 Å². The van der Waals surface area contributed by atoms with Crippen LogP contribution in [0.2, 0.25) is 0 Å². The number of rotatable bonds is 6. The standard InChI is InChI=1S/C20H22FN3O4/c1-4-13(23-28)9-24-11(3)18(20(26)27)10(2)17(24)8-15-14-7-12(21)5-6-16(14)22-19(15)25/h5-8,13,23,28H,4,9H2,1-3H3,(H,22,25)(H,26,27)/b15-8-. The summed E-state index contributed by atoms with van der Waals surface area (Å²) in [7, 11) is 0. The Hall–Kier alpha value is -2.97. The number of nitrogens with one attached hydrogen (secondary N) is 2. The summed E-state index contributed by atoms with van der Waals surface area (Å²) >= 11 is 0. The van der Waals surface area contributed by atoms with Crippen molar-refractivity contribution in [2.45, 2.75) is 39.8 Å². The number of aromatic nitrogens is 1. The van der Waals surface area contributed by atoms with E-state index in [0.717, 1.165) is 0 Å². The van der Waals surface area contributed by atoms with Gasteiger partial charge in [0.15, 0.2) is 0 Å². The molecule has 8 heteroatoms. The van der Waals surface area contributed by atoms with Crippen molar-refractivity contribution < 1.29 is 24.3 Å². The zero-order valence-corrected chi connectivity index (χ0v) is 15.8. The van der Waals surface area contributed by atoms with Gasteiger partial charge in [0.25, 0.3) is 5.91 Å². The number of halogens is 1. The largest absolute Gasteiger partial charge is 0.478 e. The highest BCUT2D eigenvalue weighted by atomic mass is 19.1. The number of carboxylic acid groups (broad SMARTS) is 1. The number of anilines is 1. The summed E-state index contributed by atoms with van der Waals surface area (Å²) in [6.07, 6.45) is 2.19. The molecule has 1 atom stereocenters. The minimum Gasteiger partial charge on any atom is -0.478 e. The third-order valence-corrected chi connectivity index (χ3v) is 5.15. The number of hydrogen-bond donors (Lipinski definition) is 4. The van der Waals surface area contributed by atoms with Gasteiger partial charge in [-0.15, -0.1) is 0 Å². The van der Waals surface area contributed by atoms with Crippen LogP contribution in [-0.4, -0.2) is 32.8 Å². The molecule has 1 unspecified atom stereocenters. The van der Waals surface area contributed by atoms with Crippen LogP contribution in [0, 0.1) is 19.7 Å². The molecule has 1 aliphatic rings. The van der Waals surface area contributed by atoms with Gasteiger partial charge in [-0.2, -0.15) is 0 Å². The van der Waals surface area contributed by atoms with Gasteiger partial charge in [0.05, 0.1) is 11.1 Å². The van der Waals surface area contributed by atoms with Crippen molar-refractivity contribution in [2.75, 3.05) is 5.32 Å². The van der Waals surface area contributed by atoms with Gasteiger partial charge in [-0.3, -0.25) is 4.79 Å². The molecule has 7 nitrogen and oxygen atoms in total. The summed E-state index contributed by atoms with van der Waals surface area (Å²) in [6, 6.07) is 3.73. The van der Waals surface area contributed by atoms with Crippen molar-refractivity contribution >= 4 is 29.2 Å². The summed E-state index contributed by atoms with van der Waals surface area (Å²) in [4.78, 5) is 24.2. The highest BCUT2D eigenvalue weighted by Crippen LogP contribution is 2.35. The minimum atomic E-state index is -1.07. The third kappa shape index (κ3) is 3.32. The van der Waals surface area contributed by atoms with Gasteiger partial charge in [-0.1, -0.05) is 6.92 Å². The maximum atomic E-state index is 13.7. The zero-order chi connectivity index (χ0) is 20.6. The molecule has 0 radical (unpaired) electrons. The molecular weight excluding hydrogens is 365 g/mol. The highest BCUT2D eigenvalue weighted by molar-refractivity contribution is 6.34. The van der Waals surface area contributed by atoms with Crippen LogP contribution in [-0.2, 0) is 11.3 Å². The molecule has 28 heavy (non-hydrogen) atoms. The lowest BCUT2D eigenvalue weighted by molar-refractivity contribution is -0.110. The number of hydroxylamine groups is 1. The van der Waals surface area contributed by atoms with E-state index in [-0.39, 0.29) is 23.1 Å². The van der Waals surface area contributed by atoms with E-state index in [0.29, 0.717) is 41.2 Å². The molecule has 2 heterocycles. The van der Waals surface area contributed by atoms with Gasteiger partial charge in [-0.25, -0.2) is 14.7 Å². The van der Waals surface area contributed by atoms with E-state index in [1.54, 1.807) is 24.5 Å². The van der Waals surface area contributed by atoms with Crippen LogP contribution in [0.1, 0.15) is 46.2 Å². The summed E-state index contributed by atoms with van der Waals surface area (Å²) < 4.78 is 15.5. The van der Waals surface area contributed by atoms with Crippen molar-refractivity contribution in [3.63, 3.8) is 0 Å². The normalized spacial score (nSPS) is 15.6. The molecule has 1 aromatic heterocycles. The number of fused-ring (bicyclic) bond motifs is 1. The lowest BCUT2D eigenvalue weighted by atomic mass is 10.0. The Labute approximate surface area is 161 Å². The smallest absolute Gasteiger partial charge is 0.337 e. The Morgan fingerprint density at radius 2 is 2.11 bits per heavy atom. The maximum absolute atomic E-state index is 13.7. The first kappa shape index (κ1) is 19.8. The predicted octanol–water partition coefficient (Wildman–Crippen LogP) is 3.19. The van der Waals surface area contributed by atoms with Crippen LogP contribution in [0.25, 0.3) is 11.6 Å². The molecule has 0 saturated heterocycles. The van der Waals surface area contributed by atoms with Crippen LogP contribution in [0.5, 0.6) is 0 Å². The van der Waals surface area contributed by atoms with E-state index in [1.807, 2.05) is 6.92 Å². The Balaban J connectivity index is 2.20. The summed E-state index contributed by atoms with van der Waals surface area (Å²) in [5, 5.41) is 21.6. The number of benzene rings is 1. The third-order valence-electron chi connectivity index (χ3n) is 5.15. The Morgan fingerprint density at radius 3 is 2.71 bits per heavy atom. The lowest BCUT2D eigenvalue weighted by Gasteiger charge is -2.17. The van der Waals surface area contributed by atoms with Crippen LogP contribution in [0.4, 0.5) is 10.1 Å². The fourth-order valence-corrected chi connectivity index (χ4v) is 3.58. The van der Waals surface area contributed by atoms with Crippen LogP contribution >= 0.6 is 0 Å². The topological polar surface area (TPSA) is 104 Å². The van der Waals surface area contributed by atoms with Crippen molar-refractivity contribution in [2.24, 2.45) is 0 Å². The highest BCUT2D eigenvalue weighted by Gasteiger charge is 2.28. The van der Waals surface area contributed by atoms with E-state index < -0.39 is 11.8 Å². The second-order valence-corrected chi connectivity index (χ2v) is 6.82. The van der Waals surface area contributed by atoms with Crippen molar-refractivity contribution in [3.8, 4) is 0 Å². The summed E-state index contributed by atoms with van der Waals surface area (Å²) in [6.45, 7) is 5.56. The molecule has 4 N–H and O–H groups in total. The van der Waals surface area contributed by atoms with Gasteiger partial charge < -0.3 is 20.2 Å². The van der Waals surface area contributed by atoms with Gasteiger partial charge in [0.1, 0.15) is 5.82 Å². The first-order valence-electron chi connectivity index (χ1n) is 8.94. The average molecular weight is 387 g/mol. The van der Waals surface area contributed by atoms with Crippen LogP contribution in [0.3, 0.4) is 0 Å². The lowest BCUT2D eigenvalue weighted by Crippen LogP contribution is -2.30. The molecule has 1 aromatic carbocycles. The second-order valence-electron chi connectivity index (χ2n) is 6.82. The van der Waals surface area contributed by atoms with Crippen molar-refractivity contribution in [3.05, 3.63) is 52.1 Å². The predicted molar refractivity (Wildman–Crippen MR) is 103 cm³/mol. The fourth-order valence-electron chi connectivity index (χ4n) is 3.58. The first-order valence-corrected chi connectivity index (χ1v) is 8.94. The average Bonchev–Trinajstić information content (AvgIpc) is 3.07. The number of carbonyl (C=O) groups excluding carboxylic acids is 1. The number of carbonyl (C=O) groups is 2. The Bertz CT molecular complexity index is 990. The second kappa shape index (κ2) is 7.57. The fraction of sp³-hybridized carbons (Fsp3) is 0.300. The van der Waals surface area contributed by atoms with Crippen molar-refractivity contribution in [1.82, 2.24) is 10.0 Å². The monoisotopic (exact) mass is 387 g/mol. The molecule has 0 spiro atoms. The van der Waals surface area contributed by atoms with E-state index >= 15 is 0 Å². The molecule has 0 fully saturated rings. The van der Waals surface area contributed by atoms with E-state index in [1.165, 1.54) is 18.2 Å². The molecule has 2 aromatic rings. The van der Waals surface area contributed by atoms with Gasteiger partial charge in [0.2, 0.25) is 0 Å². The van der Waals surface area contributed by atoms with Gasteiger partial charge in [0, 0.05) is 35.2 Å². The van der Waals surface area contributed by atoms with Crippen molar-refractivity contribution in [1.29, 1.82) is 0 Å². The maximum Gasteiger partial charge on any atom is 0.337 e. The molecule has 148 valence electrons. The molecule has 0 aliphatic carbocycles. The van der Waals surface area contributed by atoms with E-state index in [2.05, 4.69) is 10.8 Å². The molecule has 0 saturated carbocycles. The number of nitrogens with zero attached hydrogens (tertiary/aromatic N) is 1. The Kier molecular flexibility index (Phi) is 5.35. The minimum absolute atomic E-state index is 0.150. The quantitative estimate of drug-likeness (QED) is 0.450. The van der Waals surface area contributed by atoms with Crippen LogP contribution in [0.15, 0.2) is 18.2 Å². The zero-order valence-electron chi connectivity index (χ0n) is 15.8. The SMILES string of the molecule is CCC(Cn1c(C)c(C(=O)O)c(C)c1/C=C1\C(=O)Nc2ccc(F)cc21)NO. The molecule has 0 bridgehead atoms. The number of amides is 1. The van der Waals surface area contributed by atoms with E-state index in [4.69, 9.17) is 0 Å². The molecule has 1 aliphatic heterocycles. The number of aromatic carboxylic acids is 1. The number of carboxylic acids is 1. The van der Waals surface area contributed by atoms with Gasteiger partial charge in [-0.05, 0) is 50.1 Å². The molecule has 3 rings (SSSR count). The molecule has 1 amide bonds. The Morgan fingerprint density at radius 1 is 1.39 bits per heavy atom. The first-order chi connectivity index (χ1) is 13.3. The van der Waals surface area contributed by atoms with E-state index in [9.17, 15) is 24.3 Å².